The fraction of sp³-hybridized carbons (Fsp3) is 0.438. The van der Waals surface area contributed by atoms with Crippen LogP contribution < -0.4 is 4.74 Å². The van der Waals surface area contributed by atoms with Crippen LogP contribution in [0.3, 0.4) is 0 Å². The van der Waals surface area contributed by atoms with Crippen LogP contribution in [0, 0.1) is 19.3 Å². The summed E-state index contributed by atoms with van der Waals surface area (Å²) in [6, 6.07) is 12.5. The smallest absolute Gasteiger partial charge is 0.312 e. The largest absolute Gasteiger partial charge is 0.489 e. The number of esters is 1. The van der Waals surface area contributed by atoms with Crippen molar-refractivity contribution in [1.29, 1.82) is 0 Å². The summed E-state index contributed by atoms with van der Waals surface area (Å²) >= 11 is 6.17. The van der Waals surface area contributed by atoms with Crippen LogP contribution in [0.4, 0.5) is 0 Å². The Morgan fingerprint density at radius 3 is 2.73 bits per heavy atom. The van der Waals surface area contributed by atoms with Gasteiger partial charge in [-0.1, -0.05) is 48.0 Å². The number of carbonyl (C=O) groups excluding carboxylic acids is 1. The van der Waals surface area contributed by atoms with Gasteiger partial charge in [0.25, 0.3) is 0 Å². The molecule has 5 rings (SSSR count). The molecule has 0 spiro atoms. The van der Waals surface area contributed by atoms with Gasteiger partial charge >= 0.3 is 5.97 Å². The molecular formula is C32H38ClN5O3. The molecule has 0 fully saturated rings. The van der Waals surface area contributed by atoms with Crippen LogP contribution in [-0.2, 0) is 29.7 Å². The van der Waals surface area contributed by atoms with Gasteiger partial charge in [0.15, 0.2) is 0 Å². The molecule has 2 atom stereocenters. The molecule has 2 aromatic carbocycles. The highest BCUT2D eigenvalue weighted by Crippen LogP contribution is 2.44. The van der Waals surface area contributed by atoms with E-state index in [0.29, 0.717) is 11.7 Å². The van der Waals surface area contributed by atoms with E-state index in [2.05, 4.69) is 65.2 Å². The summed E-state index contributed by atoms with van der Waals surface area (Å²) in [5.74, 6) is 0.282. The number of nitrogens with zero attached hydrogens (tertiary/aromatic N) is 5. The second-order valence-electron chi connectivity index (χ2n) is 11.6. The number of halogens is 1. The Morgan fingerprint density at radius 2 is 2.00 bits per heavy atom. The Bertz CT molecular complexity index is 1600. The molecule has 3 heterocycles. The second kappa shape index (κ2) is 11.4. The number of ether oxygens (including phenoxy) is 2. The van der Waals surface area contributed by atoms with Crippen LogP contribution in [0.1, 0.15) is 66.5 Å². The predicted molar refractivity (Wildman–Crippen MR) is 160 cm³/mol. The van der Waals surface area contributed by atoms with E-state index in [-0.39, 0.29) is 18.0 Å². The Kier molecular flexibility index (Phi) is 8.08. The summed E-state index contributed by atoms with van der Waals surface area (Å²) in [6.45, 7) is 12.5. The molecule has 0 saturated carbocycles. The lowest BCUT2D eigenvalue weighted by molar-refractivity contribution is -0.151. The number of benzene rings is 2. The molecule has 9 heteroatoms. The number of rotatable bonds is 7. The zero-order valence-corrected chi connectivity index (χ0v) is 25.6. The fourth-order valence-corrected chi connectivity index (χ4v) is 6.17. The standard InChI is InChI=1S/C32H38ClN5O3/c1-8-24-18-38(17-23-15-34-28(33)14-27(23)41-24)16-22-13-21(10-9-19(22)2)29(32(4,5)31(39)40-7)25-11-12-26-30(20(25)3)35-36-37(26)6/h9-15,24,29H,8,16-18H2,1-7H3/t24-,29+/m1/s1. The zero-order chi connectivity index (χ0) is 29.5. The van der Waals surface area contributed by atoms with Crippen LogP contribution >= 0.6 is 11.6 Å². The highest BCUT2D eigenvalue weighted by atomic mass is 35.5. The van der Waals surface area contributed by atoms with Gasteiger partial charge in [0.05, 0.1) is 18.0 Å². The summed E-state index contributed by atoms with van der Waals surface area (Å²) in [5, 5.41) is 9.08. The van der Waals surface area contributed by atoms with Crippen LogP contribution in [-0.4, -0.2) is 50.6 Å². The average molecular weight is 576 g/mol. The maximum absolute atomic E-state index is 13.2. The summed E-state index contributed by atoms with van der Waals surface area (Å²) in [7, 11) is 3.34. The first-order chi connectivity index (χ1) is 19.5. The van der Waals surface area contributed by atoms with Gasteiger partial charge in [0.2, 0.25) is 0 Å². The minimum atomic E-state index is -0.838. The van der Waals surface area contributed by atoms with Crippen LogP contribution in [0.15, 0.2) is 42.6 Å². The molecule has 0 radical (unpaired) electrons. The van der Waals surface area contributed by atoms with Gasteiger partial charge in [-0.15, -0.1) is 5.10 Å². The van der Waals surface area contributed by atoms with Gasteiger partial charge in [0, 0.05) is 50.4 Å². The summed E-state index contributed by atoms with van der Waals surface area (Å²) in [6.07, 6.45) is 2.74. The third kappa shape index (κ3) is 5.55. The number of fused-ring (bicyclic) bond motifs is 2. The van der Waals surface area contributed by atoms with E-state index >= 15 is 0 Å². The quantitative estimate of drug-likeness (QED) is 0.193. The normalized spacial score (nSPS) is 16.6. The van der Waals surface area contributed by atoms with E-state index in [4.69, 9.17) is 21.1 Å². The molecule has 0 unspecified atom stereocenters. The first-order valence-corrected chi connectivity index (χ1v) is 14.4. The molecule has 0 amide bonds. The molecule has 2 aromatic heterocycles. The minimum Gasteiger partial charge on any atom is -0.489 e. The number of pyridine rings is 1. The molecule has 1 aliphatic rings. The molecule has 41 heavy (non-hydrogen) atoms. The molecule has 216 valence electrons. The van der Waals surface area contributed by atoms with Crippen molar-refractivity contribution >= 4 is 28.6 Å². The van der Waals surface area contributed by atoms with Crippen molar-refractivity contribution in [3.63, 3.8) is 0 Å². The van der Waals surface area contributed by atoms with Gasteiger partial charge < -0.3 is 9.47 Å². The second-order valence-corrected chi connectivity index (χ2v) is 12.0. The van der Waals surface area contributed by atoms with E-state index in [1.165, 1.54) is 18.2 Å². The Hall–Kier alpha value is -3.49. The predicted octanol–water partition coefficient (Wildman–Crippen LogP) is 6.14. The zero-order valence-electron chi connectivity index (χ0n) is 24.9. The van der Waals surface area contributed by atoms with Gasteiger partial charge in [-0.3, -0.25) is 9.69 Å². The van der Waals surface area contributed by atoms with Crippen LogP contribution in [0.5, 0.6) is 5.75 Å². The highest BCUT2D eigenvalue weighted by molar-refractivity contribution is 6.29. The van der Waals surface area contributed by atoms with Crippen molar-refractivity contribution in [3.05, 3.63) is 81.1 Å². The van der Waals surface area contributed by atoms with Gasteiger partial charge in [0.1, 0.15) is 22.5 Å². The molecule has 0 aliphatic carbocycles. The molecule has 0 N–H and O–H groups in total. The van der Waals surface area contributed by atoms with Crippen molar-refractivity contribution in [1.82, 2.24) is 24.9 Å². The van der Waals surface area contributed by atoms with E-state index in [0.717, 1.165) is 58.5 Å². The minimum absolute atomic E-state index is 0.0468. The Labute approximate surface area is 246 Å². The lowest BCUT2D eigenvalue weighted by Crippen LogP contribution is -2.34. The van der Waals surface area contributed by atoms with Crippen LogP contribution in [0.25, 0.3) is 11.0 Å². The van der Waals surface area contributed by atoms with Gasteiger partial charge in [-0.2, -0.15) is 0 Å². The van der Waals surface area contributed by atoms with Crippen molar-refractivity contribution in [3.8, 4) is 5.75 Å². The Balaban J connectivity index is 1.57. The molecule has 1 aliphatic heterocycles. The van der Waals surface area contributed by atoms with Crippen molar-refractivity contribution in [2.45, 2.75) is 66.2 Å². The van der Waals surface area contributed by atoms with E-state index in [1.807, 2.05) is 39.2 Å². The first kappa shape index (κ1) is 29.0. The SMILES string of the molecule is CC[C@@H]1CN(Cc2cc([C@@H](c3ccc4c(nnn4C)c3C)C(C)(C)C(=O)OC)ccc2C)Cc2cnc(Cl)cc2O1. The molecule has 0 saturated heterocycles. The number of carbonyl (C=O) groups is 1. The van der Waals surface area contributed by atoms with Gasteiger partial charge in [-0.05, 0) is 68.0 Å². The lowest BCUT2D eigenvalue weighted by atomic mass is 9.69. The van der Waals surface area contributed by atoms with Crippen molar-refractivity contribution in [2.75, 3.05) is 13.7 Å². The number of methoxy groups -OCH3 is 1. The fourth-order valence-electron chi connectivity index (χ4n) is 6.02. The average Bonchev–Trinajstić information content (AvgIpc) is 3.23. The third-order valence-electron chi connectivity index (χ3n) is 8.44. The van der Waals surface area contributed by atoms with Crippen molar-refractivity contribution in [2.24, 2.45) is 12.5 Å². The molecule has 4 aromatic rings. The lowest BCUT2D eigenvalue weighted by Gasteiger charge is -2.34. The van der Waals surface area contributed by atoms with Crippen molar-refractivity contribution < 1.29 is 14.3 Å². The van der Waals surface area contributed by atoms with E-state index in [1.54, 1.807) is 4.68 Å². The topological polar surface area (TPSA) is 82.4 Å². The summed E-state index contributed by atoms with van der Waals surface area (Å²) < 4.78 is 13.4. The molecule has 0 bridgehead atoms. The first-order valence-electron chi connectivity index (χ1n) is 14.0. The number of hydrogen-bond acceptors (Lipinski definition) is 7. The summed E-state index contributed by atoms with van der Waals surface area (Å²) in [4.78, 5) is 19.9. The van der Waals surface area contributed by atoms with Crippen LogP contribution in [0.2, 0.25) is 5.15 Å². The maximum Gasteiger partial charge on any atom is 0.312 e. The summed E-state index contributed by atoms with van der Waals surface area (Å²) in [5.41, 5.74) is 7.48. The maximum atomic E-state index is 13.2. The number of aromatic nitrogens is 4. The highest BCUT2D eigenvalue weighted by Gasteiger charge is 2.41. The monoisotopic (exact) mass is 575 g/mol. The van der Waals surface area contributed by atoms with Gasteiger partial charge in [-0.25, -0.2) is 9.67 Å². The van der Waals surface area contributed by atoms with E-state index in [9.17, 15) is 4.79 Å². The Morgan fingerprint density at radius 1 is 1.22 bits per heavy atom. The third-order valence-corrected chi connectivity index (χ3v) is 8.65. The molecule has 8 nitrogen and oxygen atoms in total. The van der Waals surface area contributed by atoms with E-state index < -0.39 is 5.41 Å². The molecular weight excluding hydrogens is 538 g/mol. The number of aryl methyl sites for hydroxylation is 3. The number of hydrogen-bond donors (Lipinski definition) is 0.